The first kappa shape index (κ1) is 6.36. The Bertz CT molecular complexity index is 212. The zero-order valence-electron chi connectivity index (χ0n) is 5.16. The molecule has 0 unspecified atom stereocenters. The highest BCUT2D eigenvalue weighted by Gasteiger charge is 1.88. The molecule has 1 heterocycles. The highest BCUT2D eigenvalue weighted by atomic mass is 32.1. The molecule has 0 fully saturated rings. The fourth-order valence-electron chi connectivity index (χ4n) is 0.616. The lowest BCUT2D eigenvalue weighted by molar-refractivity contribution is 0.478. The molecule has 0 saturated heterocycles. The van der Waals surface area contributed by atoms with Crippen molar-refractivity contribution < 1.29 is 5.11 Å². The van der Waals surface area contributed by atoms with Crippen LogP contribution in [-0.4, -0.2) is 5.11 Å². The highest BCUT2D eigenvalue weighted by Crippen LogP contribution is 2.15. The first-order valence-electron chi connectivity index (χ1n) is 2.70. The van der Waals surface area contributed by atoms with Gasteiger partial charge in [-0.3, -0.25) is 0 Å². The molecule has 1 aromatic rings. The molecule has 48 valence electrons. The van der Waals surface area contributed by atoms with Crippen LogP contribution in [0, 0.1) is 6.92 Å². The van der Waals surface area contributed by atoms with Gasteiger partial charge in [-0.25, -0.2) is 0 Å². The van der Waals surface area contributed by atoms with Crippen molar-refractivity contribution in [2.24, 2.45) is 0 Å². The minimum absolute atomic E-state index is 1.06. The zero-order chi connectivity index (χ0) is 6.69. The van der Waals surface area contributed by atoms with Gasteiger partial charge in [0.15, 0.2) is 0 Å². The van der Waals surface area contributed by atoms with Gasteiger partial charge in [-0.2, -0.15) is 0 Å². The van der Waals surface area contributed by atoms with Crippen LogP contribution in [-0.2, 0) is 0 Å². The van der Waals surface area contributed by atoms with Crippen molar-refractivity contribution in [2.75, 3.05) is 0 Å². The zero-order valence-corrected chi connectivity index (χ0v) is 5.98. The van der Waals surface area contributed by atoms with Crippen LogP contribution in [0.2, 0.25) is 0 Å². The van der Waals surface area contributed by atoms with Crippen LogP contribution in [0.4, 0.5) is 0 Å². The second-order valence-corrected chi connectivity index (χ2v) is 3.08. The molecule has 0 saturated carbocycles. The van der Waals surface area contributed by atoms with Gasteiger partial charge in [-0.1, -0.05) is 0 Å². The molecule has 1 aromatic heterocycles. The fraction of sp³-hybridized carbons (Fsp3) is 0.143. The minimum atomic E-state index is 1.06. The number of aliphatic hydroxyl groups is 1. The maximum atomic E-state index is 8.36. The molecule has 0 aliphatic rings. The summed E-state index contributed by atoms with van der Waals surface area (Å²) < 4.78 is 0. The molecule has 0 aliphatic heterocycles. The largest absolute Gasteiger partial charge is 0.516 e. The predicted octanol–water partition coefficient (Wildman–Crippen LogP) is 2.59. The van der Waals surface area contributed by atoms with Crippen molar-refractivity contribution in [2.45, 2.75) is 6.92 Å². The summed E-state index contributed by atoms with van der Waals surface area (Å²) in [6, 6.07) is 4.01. The molecule has 0 aromatic carbocycles. The predicted molar refractivity (Wildman–Crippen MR) is 40.7 cm³/mol. The van der Waals surface area contributed by atoms with Gasteiger partial charge in [0.05, 0.1) is 6.26 Å². The van der Waals surface area contributed by atoms with E-state index in [4.69, 9.17) is 5.11 Å². The lowest BCUT2D eigenvalue weighted by atomic mass is 10.4. The summed E-state index contributed by atoms with van der Waals surface area (Å²) in [6.07, 6.45) is 2.74. The van der Waals surface area contributed by atoms with Crippen LogP contribution < -0.4 is 0 Å². The number of thiophene rings is 1. The number of aryl methyl sites for hydroxylation is 1. The van der Waals surface area contributed by atoms with Crippen molar-refractivity contribution in [3.63, 3.8) is 0 Å². The van der Waals surface area contributed by atoms with E-state index >= 15 is 0 Å². The second kappa shape index (κ2) is 2.69. The molecule has 1 rings (SSSR count). The number of aliphatic hydroxyl groups excluding tert-OH is 1. The monoisotopic (exact) mass is 140 g/mol. The van der Waals surface area contributed by atoms with E-state index in [1.165, 1.54) is 4.88 Å². The summed E-state index contributed by atoms with van der Waals surface area (Å²) in [6.45, 7) is 2.04. The lowest BCUT2D eigenvalue weighted by Crippen LogP contribution is -1.53. The van der Waals surface area contributed by atoms with Gasteiger partial charge in [-0.15, -0.1) is 11.3 Å². The maximum Gasteiger partial charge on any atom is 0.0805 e. The molecule has 0 spiro atoms. The lowest BCUT2D eigenvalue weighted by Gasteiger charge is -1.77. The van der Waals surface area contributed by atoms with Crippen LogP contribution in [0.3, 0.4) is 0 Å². The SMILES string of the molecule is Cc1ccc(/C=C/O)s1. The summed E-state index contributed by atoms with van der Waals surface area (Å²) in [5.74, 6) is 0. The van der Waals surface area contributed by atoms with Crippen LogP contribution in [0.25, 0.3) is 6.08 Å². The Morgan fingerprint density at radius 2 is 2.33 bits per heavy atom. The first-order chi connectivity index (χ1) is 4.33. The smallest absolute Gasteiger partial charge is 0.0805 e. The van der Waals surface area contributed by atoms with Gasteiger partial charge in [0.25, 0.3) is 0 Å². The fourth-order valence-corrected chi connectivity index (χ4v) is 1.39. The van der Waals surface area contributed by atoms with Gasteiger partial charge in [-0.05, 0) is 25.1 Å². The van der Waals surface area contributed by atoms with Gasteiger partial charge < -0.3 is 5.11 Å². The van der Waals surface area contributed by atoms with E-state index in [1.807, 2.05) is 19.1 Å². The van der Waals surface area contributed by atoms with Crippen LogP contribution >= 0.6 is 11.3 Å². The quantitative estimate of drug-likeness (QED) is 0.594. The number of hydrogen-bond donors (Lipinski definition) is 1. The molecular weight excluding hydrogens is 132 g/mol. The Labute approximate surface area is 58.3 Å². The minimum Gasteiger partial charge on any atom is -0.516 e. The van der Waals surface area contributed by atoms with E-state index in [2.05, 4.69) is 0 Å². The van der Waals surface area contributed by atoms with Gasteiger partial charge >= 0.3 is 0 Å². The summed E-state index contributed by atoms with van der Waals surface area (Å²) >= 11 is 1.67. The van der Waals surface area contributed by atoms with E-state index in [9.17, 15) is 0 Å². The highest BCUT2D eigenvalue weighted by molar-refractivity contribution is 7.12. The van der Waals surface area contributed by atoms with Crippen LogP contribution in [0.5, 0.6) is 0 Å². The third-order valence-electron chi connectivity index (χ3n) is 1.000. The average molecular weight is 140 g/mol. The number of hydrogen-bond acceptors (Lipinski definition) is 2. The van der Waals surface area contributed by atoms with Gasteiger partial charge in [0, 0.05) is 9.75 Å². The maximum absolute atomic E-state index is 8.36. The molecule has 0 aliphatic carbocycles. The molecule has 1 nitrogen and oxygen atoms in total. The molecule has 1 N–H and O–H groups in total. The van der Waals surface area contributed by atoms with Crippen LogP contribution in [0.15, 0.2) is 18.4 Å². The molecule has 0 amide bonds. The second-order valence-electron chi connectivity index (χ2n) is 1.76. The molecule has 0 bridgehead atoms. The van der Waals surface area contributed by atoms with Crippen molar-refractivity contribution in [1.29, 1.82) is 0 Å². The van der Waals surface area contributed by atoms with Crippen LogP contribution in [0.1, 0.15) is 9.75 Å². The third-order valence-corrected chi connectivity index (χ3v) is 1.97. The molecule has 9 heavy (non-hydrogen) atoms. The Balaban J connectivity index is 2.85. The van der Waals surface area contributed by atoms with E-state index < -0.39 is 0 Å². The Morgan fingerprint density at radius 1 is 1.56 bits per heavy atom. The summed E-state index contributed by atoms with van der Waals surface area (Å²) in [7, 11) is 0. The van der Waals surface area contributed by atoms with E-state index in [0.29, 0.717) is 0 Å². The van der Waals surface area contributed by atoms with E-state index in [1.54, 1.807) is 17.4 Å². The standard InChI is InChI=1S/C7H8OS/c1-6-2-3-7(9-6)4-5-8/h2-5,8H,1H3/b5-4+. The van der Waals surface area contributed by atoms with Gasteiger partial charge in [0.2, 0.25) is 0 Å². The summed E-state index contributed by atoms with van der Waals surface area (Å²) in [5, 5.41) is 8.36. The normalized spacial score (nSPS) is 10.8. The summed E-state index contributed by atoms with van der Waals surface area (Å²) in [5.41, 5.74) is 0. The Hall–Kier alpha value is -0.760. The molecular formula is C7H8OS. The average Bonchev–Trinajstić information content (AvgIpc) is 2.17. The van der Waals surface area contributed by atoms with E-state index in [0.717, 1.165) is 11.1 Å². The Morgan fingerprint density at radius 3 is 2.78 bits per heavy atom. The topological polar surface area (TPSA) is 20.2 Å². The van der Waals surface area contributed by atoms with Crippen molar-refractivity contribution >= 4 is 17.4 Å². The molecule has 2 heteroatoms. The summed E-state index contributed by atoms with van der Waals surface area (Å²) in [4.78, 5) is 2.36. The van der Waals surface area contributed by atoms with Gasteiger partial charge in [0.1, 0.15) is 0 Å². The van der Waals surface area contributed by atoms with E-state index in [-0.39, 0.29) is 0 Å². The van der Waals surface area contributed by atoms with Crippen molar-refractivity contribution in [3.05, 3.63) is 28.1 Å². The van der Waals surface area contributed by atoms with Crippen molar-refractivity contribution in [3.8, 4) is 0 Å². The third kappa shape index (κ3) is 1.57. The molecule has 0 atom stereocenters. The Kier molecular flexibility index (Phi) is 1.90. The first-order valence-corrected chi connectivity index (χ1v) is 3.52. The van der Waals surface area contributed by atoms with Crippen molar-refractivity contribution in [1.82, 2.24) is 0 Å². The molecule has 0 radical (unpaired) electrons. The number of rotatable bonds is 1.